The van der Waals surface area contributed by atoms with Crippen LogP contribution in [0.3, 0.4) is 0 Å². The van der Waals surface area contributed by atoms with Crippen LogP contribution < -0.4 is 14.8 Å². The number of ether oxygens (including phenoxy) is 3. The fraction of sp³-hybridized carbons (Fsp3) is 0.471. The van der Waals surface area contributed by atoms with E-state index >= 15 is 0 Å². The lowest BCUT2D eigenvalue weighted by Crippen LogP contribution is -2.15. The second-order valence-electron chi connectivity index (χ2n) is 6.13. The van der Waals surface area contributed by atoms with E-state index in [1.165, 1.54) is 5.56 Å². The topological polar surface area (TPSA) is 57.5 Å². The van der Waals surface area contributed by atoms with E-state index in [1.54, 1.807) is 0 Å². The van der Waals surface area contributed by atoms with Crippen LogP contribution in [0.15, 0.2) is 18.2 Å². The molecule has 0 amide bonds. The molecule has 2 aromatic rings. The molecule has 0 radical (unpaired) electrons. The summed E-state index contributed by atoms with van der Waals surface area (Å²) in [6.45, 7) is 2.99. The highest BCUT2D eigenvalue weighted by molar-refractivity contribution is 5.59. The maximum atomic E-state index is 5.86. The van der Waals surface area contributed by atoms with Crippen LogP contribution in [0, 0.1) is 0 Å². The number of nitrogens with one attached hydrogen (secondary N) is 1. The van der Waals surface area contributed by atoms with Gasteiger partial charge in [-0.25, -0.2) is 4.68 Å². The zero-order valence-corrected chi connectivity index (χ0v) is 12.9. The molecular formula is C17H19N3O3. The summed E-state index contributed by atoms with van der Waals surface area (Å²) < 4.78 is 19.1. The number of nitrogens with zero attached hydrogens (tertiary/aromatic N) is 2. The molecule has 6 heteroatoms. The minimum absolute atomic E-state index is 0.141. The molecule has 23 heavy (non-hydrogen) atoms. The lowest BCUT2D eigenvalue weighted by Gasteiger charge is -2.19. The lowest BCUT2D eigenvalue weighted by molar-refractivity contribution is 0.107. The summed E-state index contributed by atoms with van der Waals surface area (Å²) in [6.07, 6.45) is 3.32. The van der Waals surface area contributed by atoms with E-state index in [0.717, 1.165) is 61.1 Å². The largest absolute Gasteiger partial charge is 0.486 e. The van der Waals surface area contributed by atoms with Crippen LogP contribution in [0.25, 0.3) is 5.69 Å². The van der Waals surface area contributed by atoms with Crippen LogP contribution in [0.4, 0.5) is 5.82 Å². The number of aromatic nitrogens is 2. The molecule has 1 N–H and O–H groups in total. The Bertz CT molecular complexity index is 750. The number of rotatable bonds is 2. The maximum absolute atomic E-state index is 5.86. The van der Waals surface area contributed by atoms with Gasteiger partial charge >= 0.3 is 0 Å². The average Bonchev–Trinajstić information content (AvgIpc) is 3.31. The van der Waals surface area contributed by atoms with Crippen molar-refractivity contribution >= 4 is 5.82 Å². The van der Waals surface area contributed by atoms with Gasteiger partial charge in [-0.1, -0.05) is 0 Å². The predicted octanol–water partition coefficient (Wildman–Crippen LogP) is 2.46. The zero-order valence-electron chi connectivity index (χ0n) is 12.9. The molecule has 1 aromatic carbocycles. The van der Waals surface area contributed by atoms with Gasteiger partial charge in [0.1, 0.15) is 25.1 Å². The molecule has 3 aliphatic heterocycles. The van der Waals surface area contributed by atoms with Crippen molar-refractivity contribution < 1.29 is 14.2 Å². The van der Waals surface area contributed by atoms with Crippen molar-refractivity contribution in [2.75, 3.05) is 31.7 Å². The summed E-state index contributed by atoms with van der Waals surface area (Å²) in [5.74, 6) is 2.68. The molecule has 0 aliphatic carbocycles. The third-order valence-corrected chi connectivity index (χ3v) is 4.69. The number of anilines is 1. The van der Waals surface area contributed by atoms with E-state index < -0.39 is 0 Å². The Labute approximate surface area is 134 Å². The Hall–Kier alpha value is -2.21. The van der Waals surface area contributed by atoms with Crippen molar-refractivity contribution in [1.29, 1.82) is 0 Å². The van der Waals surface area contributed by atoms with Crippen LogP contribution in [-0.4, -0.2) is 36.1 Å². The van der Waals surface area contributed by atoms with Gasteiger partial charge in [0.25, 0.3) is 0 Å². The van der Waals surface area contributed by atoms with Gasteiger partial charge in [-0.2, -0.15) is 5.10 Å². The lowest BCUT2D eigenvalue weighted by atomic mass is 10.1. The van der Waals surface area contributed by atoms with Gasteiger partial charge < -0.3 is 19.5 Å². The first-order valence-electron chi connectivity index (χ1n) is 8.27. The summed E-state index contributed by atoms with van der Waals surface area (Å²) in [5, 5.41) is 8.33. The van der Waals surface area contributed by atoms with Gasteiger partial charge in [0, 0.05) is 24.8 Å². The molecule has 1 unspecified atom stereocenters. The van der Waals surface area contributed by atoms with Crippen LogP contribution in [-0.2, 0) is 11.2 Å². The van der Waals surface area contributed by atoms with Crippen molar-refractivity contribution in [3.63, 3.8) is 0 Å². The molecule has 0 spiro atoms. The van der Waals surface area contributed by atoms with Crippen molar-refractivity contribution in [1.82, 2.24) is 9.78 Å². The smallest absolute Gasteiger partial charge is 0.163 e. The van der Waals surface area contributed by atoms with Gasteiger partial charge in [-0.3, -0.25) is 0 Å². The molecule has 5 rings (SSSR count). The Morgan fingerprint density at radius 2 is 2.04 bits per heavy atom. The molecule has 0 bridgehead atoms. The van der Waals surface area contributed by atoms with E-state index in [-0.39, 0.29) is 6.10 Å². The van der Waals surface area contributed by atoms with Gasteiger partial charge in [-0.15, -0.1) is 0 Å². The summed E-state index contributed by atoms with van der Waals surface area (Å²) in [4.78, 5) is 0. The quantitative estimate of drug-likeness (QED) is 0.923. The first-order valence-corrected chi connectivity index (χ1v) is 8.27. The minimum atomic E-state index is 0.141. The molecule has 4 heterocycles. The molecule has 1 fully saturated rings. The van der Waals surface area contributed by atoms with Gasteiger partial charge in [0.05, 0.1) is 11.4 Å². The Kier molecular flexibility index (Phi) is 2.97. The minimum Gasteiger partial charge on any atom is -0.486 e. The molecule has 6 nitrogen and oxygen atoms in total. The van der Waals surface area contributed by atoms with E-state index in [2.05, 4.69) is 5.32 Å². The van der Waals surface area contributed by atoms with Gasteiger partial charge in [0.2, 0.25) is 0 Å². The van der Waals surface area contributed by atoms with Crippen LogP contribution in [0.5, 0.6) is 11.5 Å². The highest BCUT2D eigenvalue weighted by Crippen LogP contribution is 2.38. The second-order valence-corrected chi connectivity index (χ2v) is 6.13. The maximum Gasteiger partial charge on any atom is 0.163 e. The van der Waals surface area contributed by atoms with Crippen molar-refractivity contribution in [2.45, 2.75) is 25.4 Å². The Balaban J connectivity index is 1.59. The van der Waals surface area contributed by atoms with Crippen molar-refractivity contribution in [3.05, 3.63) is 29.5 Å². The molecule has 1 aromatic heterocycles. The fourth-order valence-corrected chi connectivity index (χ4v) is 3.60. The zero-order chi connectivity index (χ0) is 15.2. The van der Waals surface area contributed by atoms with E-state index in [4.69, 9.17) is 19.3 Å². The monoisotopic (exact) mass is 313 g/mol. The van der Waals surface area contributed by atoms with Crippen LogP contribution in [0.2, 0.25) is 0 Å². The summed E-state index contributed by atoms with van der Waals surface area (Å²) in [6, 6.07) is 5.99. The van der Waals surface area contributed by atoms with Gasteiger partial charge in [0.15, 0.2) is 11.5 Å². The van der Waals surface area contributed by atoms with Crippen LogP contribution in [0.1, 0.15) is 30.2 Å². The molecular weight excluding hydrogens is 294 g/mol. The molecule has 0 saturated carbocycles. The number of fused-ring (bicyclic) bond motifs is 2. The number of hydrogen-bond acceptors (Lipinski definition) is 5. The van der Waals surface area contributed by atoms with Crippen molar-refractivity contribution in [2.24, 2.45) is 0 Å². The summed E-state index contributed by atoms with van der Waals surface area (Å²) >= 11 is 0. The first kappa shape index (κ1) is 13.2. The van der Waals surface area contributed by atoms with E-state index in [1.807, 2.05) is 22.9 Å². The average molecular weight is 313 g/mol. The highest BCUT2D eigenvalue weighted by Gasteiger charge is 2.30. The normalized spacial score (nSPS) is 22.0. The molecule has 3 aliphatic rings. The highest BCUT2D eigenvalue weighted by atomic mass is 16.6. The van der Waals surface area contributed by atoms with Crippen LogP contribution >= 0.6 is 0 Å². The SMILES string of the molecule is c1cc2c(cc1-n1nc(C3CCCO3)c3c1NCC3)OCCO2. The first-order chi connectivity index (χ1) is 11.4. The number of benzene rings is 1. The Morgan fingerprint density at radius 1 is 1.13 bits per heavy atom. The standard InChI is InChI=1S/C17H19N3O3/c1-2-14(21-7-1)16-12-5-6-18-17(12)20(19-16)11-3-4-13-15(10-11)23-9-8-22-13/h3-4,10,14,18H,1-2,5-9H2. The predicted molar refractivity (Wildman–Crippen MR) is 84.7 cm³/mol. The third kappa shape index (κ3) is 2.09. The summed E-state index contributed by atoms with van der Waals surface area (Å²) in [5.41, 5.74) is 3.38. The Morgan fingerprint density at radius 3 is 2.91 bits per heavy atom. The fourth-order valence-electron chi connectivity index (χ4n) is 3.60. The third-order valence-electron chi connectivity index (χ3n) is 4.69. The summed E-state index contributed by atoms with van der Waals surface area (Å²) in [7, 11) is 0. The van der Waals surface area contributed by atoms with Gasteiger partial charge in [-0.05, 0) is 31.4 Å². The molecule has 1 saturated heterocycles. The van der Waals surface area contributed by atoms with E-state index in [0.29, 0.717) is 13.2 Å². The van der Waals surface area contributed by atoms with Crippen molar-refractivity contribution in [3.8, 4) is 17.2 Å². The number of hydrogen-bond donors (Lipinski definition) is 1. The van der Waals surface area contributed by atoms with E-state index in [9.17, 15) is 0 Å². The molecule has 120 valence electrons. The molecule has 1 atom stereocenters. The second kappa shape index (κ2) is 5.16.